The van der Waals surface area contributed by atoms with Gasteiger partial charge in [-0.15, -0.1) is 0 Å². The maximum absolute atomic E-state index is 3.89. The van der Waals surface area contributed by atoms with Gasteiger partial charge in [0.15, 0.2) is 0 Å². The molecule has 25 valence electrons. The monoisotopic (exact) mass is 285 g/mol. The van der Waals surface area contributed by atoms with Gasteiger partial charge in [-0.2, -0.15) is 0 Å². The fourth-order valence-electron chi connectivity index (χ4n) is 0. The molecule has 0 heterocycles. The Morgan fingerprint density at radius 3 is 1.25 bits per heavy atom. The summed E-state index contributed by atoms with van der Waals surface area (Å²) in [6.45, 7) is 0. The molecule has 0 aromatic carbocycles. The van der Waals surface area contributed by atoms with Crippen LogP contribution >= 0.6 is 9.58 Å². The standard InChI is InChI=1S/Ag.Cd.2S/q;+2;;-2. The summed E-state index contributed by atoms with van der Waals surface area (Å²) in [5, 5.41) is 0. The van der Waals surface area contributed by atoms with Gasteiger partial charge in [0.25, 0.3) is 0 Å². The van der Waals surface area contributed by atoms with Crippen LogP contribution in [0, 0.1) is 0 Å². The van der Waals surface area contributed by atoms with Crippen LogP contribution in [0.3, 0.4) is 0 Å². The molecule has 0 amide bonds. The van der Waals surface area contributed by atoms with Gasteiger partial charge in [-0.05, 0) is 0 Å². The van der Waals surface area contributed by atoms with Crippen molar-refractivity contribution < 1.29 is 46.5 Å². The summed E-state index contributed by atoms with van der Waals surface area (Å²) in [5.41, 5.74) is 0. The number of hydrogen-bond acceptors (Lipinski definition) is 1. The van der Waals surface area contributed by atoms with Crippen LogP contribution in [0.15, 0.2) is 0 Å². The Balaban J connectivity index is -0.00000000500. The SMILES string of the molecule is [Cd+2].[S-2].[S]=[Ag]. The van der Waals surface area contributed by atoms with Crippen LogP contribution in [-0.2, 0) is 60.0 Å². The molecule has 0 bridgehead atoms. The Labute approximate surface area is 68.6 Å². The molecule has 0 saturated heterocycles. The quantitative estimate of drug-likeness (QED) is 0.588. The summed E-state index contributed by atoms with van der Waals surface area (Å²) < 4.78 is 0. The molecule has 0 aromatic heterocycles. The normalized spacial score (nSPS) is 1.50. The summed E-state index contributed by atoms with van der Waals surface area (Å²) in [4.78, 5) is 0. The van der Waals surface area contributed by atoms with Crippen molar-refractivity contribution in [2.45, 2.75) is 0 Å². The summed E-state index contributed by atoms with van der Waals surface area (Å²) in [6, 6.07) is 0. The van der Waals surface area contributed by atoms with Crippen molar-refractivity contribution in [3.8, 4) is 0 Å². The first-order chi connectivity index (χ1) is 1.00. The Hall–Kier alpha value is 2.23. The van der Waals surface area contributed by atoms with E-state index < -0.39 is 0 Å². The fourth-order valence-corrected chi connectivity index (χ4v) is 0. The molecule has 0 aliphatic carbocycles. The molecule has 0 nitrogen and oxygen atoms in total. The van der Waals surface area contributed by atoms with Crippen molar-refractivity contribution in [1.82, 2.24) is 0 Å². The third-order valence-corrected chi connectivity index (χ3v) is 0. The van der Waals surface area contributed by atoms with Gasteiger partial charge in [-0.25, -0.2) is 0 Å². The Bertz CT molecular complexity index is 6.00. The second-order valence-electron chi connectivity index (χ2n) is 0. The van der Waals surface area contributed by atoms with E-state index in [0.717, 1.165) is 0 Å². The van der Waals surface area contributed by atoms with Gasteiger partial charge in [-0.3, -0.25) is 0 Å². The molecular weight excluding hydrogens is 284 g/mol. The average Bonchev–Trinajstić information content (AvgIpc) is 1.00. The van der Waals surface area contributed by atoms with Crippen molar-refractivity contribution in [2.75, 3.05) is 0 Å². The predicted octanol–water partition coefficient (Wildman–Crippen LogP) is 0.641. The van der Waals surface area contributed by atoms with Crippen molar-refractivity contribution >= 4 is 23.1 Å². The molecule has 0 aliphatic rings. The zero-order valence-electron chi connectivity index (χ0n) is 1.83. The van der Waals surface area contributed by atoms with E-state index in [1.165, 1.54) is 0 Å². The fraction of sp³-hybridized carbons (Fsp3) is 0. The molecule has 4 heavy (non-hydrogen) atoms. The van der Waals surface area contributed by atoms with E-state index in [0.29, 0.717) is 0 Å². The van der Waals surface area contributed by atoms with Crippen molar-refractivity contribution in [3.05, 3.63) is 0 Å². The van der Waals surface area contributed by atoms with Gasteiger partial charge in [0.2, 0.25) is 0 Å². The van der Waals surface area contributed by atoms with E-state index in [9.17, 15) is 0 Å². The van der Waals surface area contributed by atoms with Crippen LogP contribution in [0.25, 0.3) is 0 Å². The zero-order valence-corrected chi connectivity index (χ0v) is 8.98. The minimum absolute atomic E-state index is 0. The molecule has 0 fully saturated rings. The summed E-state index contributed by atoms with van der Waals surface area (Å²) in [5.74, 6) is 0. The second-order valence-corrected chi connectivity index (χ2v) is 0. The summed E-state index contributed by atoms with van der Waals surface area (Å²) in [6.07, 6.45) is 0. The van der Waals surface area contributed by atoms with Crippen molar-refractivity contribution in [1.29, 1.82) is 0 Å². The van der Waals surface area contributed by atoms with Crippen LogP contribution < -0.4 is 0 Å². The van der Waals surface area contributed by atoms with Gasteiger partial charge >= 0.3 is 56.1 Å². The van der Waals surface area contributed by atoms with Gasteiger partial charge < -0.3 is 13.5 Å². The molecule has 0 rings (SSSR count). The van der Waals surface area contributed by atoms with E-state index in [1.807, 2.05) is 0 Å². The van der Waals surface area contributed by atoms with Crippen LogP contribution in [-0.4, -0.2) is 0 Å². The number of rotatable bonds is 0. The van der Waals surface area contributed by atoms with Crippen LogP contribution in [0.5, 0.6) is 0 Å². The minimum atomic E-state index is 0. The predicted molar refractivity (Wildman–Crippen MR) is 15.0 cm³/mol. The second kappa shape index (κ2) is 18.8. The van der Waals surface area contributed by atoms with E-state index in [2.05, 4.69) is 28.8 Å². The third kappa shape index (κ3) is 8.87. The molecule has 0 radical (unpaired) electrons. The first-order valence-corrected chi connectivity index (χ1v) is 2.18. The average molecular weight is 284 g/mol. The Morgan fingerprint density at radius 2 is 1.25 bits per heavy atom. The molecule has 0 atom stereocenters. The molecule has 0 aromatic rings. The molecule has 0 unspecified atom stereocenters. The van der Waals surface area contributed by atoms with Gasteiger partial charge in [0, 0.05) is 0 Å². The summed E-state index contributed by atoms with van der Waals surface area (Å²) >= 11 is 2.53. The summed E-state index contributed by atoms with van der Waals surface area (Å²) in [7, 11) is 3.89. The Kier molecular flexibility index (Phi) is 76.8. The van der Waals surface area contributed by atoms with E-state index in [-0.39, 0.29) is 40.8 Å². The van der Waals surface area contributed by atoms with E-state index in [4.69, 9.17) is 0 Å². The van der Waals surface area contributed by atoms with E-state index >= 15 is 0 Å². The third-order valence-electron chi connectivity index (χ3n) is 0. The molecule has 0 N–H and O–H groups in total. The molecule has 0 saturated carbocycles. The van der Waals surface area contributed by atoms with Crippen LogP contribution in [0.4, 0.5) is 0 Å². The zero-order chi connectivity index (χ0) is 2.00. The topological polar surface area (TPSA) is 0 Å². The van der Waals surface area contributed by atoms with Crippen LogP contribution in [0.2, 0.25) is 0 Å². The van der Waals surface area contributed by atoms with Gasteiger partial charge in [0.1, 0.15) is 0 Å². The maximum atomic E-state index is 3.89. The van der Waals surface area contributed by atoms with Crippen molar-refractivity contribution in [2.24, 2.45) is 0 Å². The van der Waals surface area contributed by atoms with Crippen molar-refractivity contribution in [3.63, 3.8) is 0 Å². The van der Waals surface area contributed by atoms with Gasteiger partial charge in [-0.1, -0.05) is 0 Å². The number of hydrogen-bond donors (Lipinski definition) is 0. The van der Waals surface area contributed by atoms with E-state index in [1.54, 1.807) is 0 Å². The molecule has 4 heteroatoms. The first kappa shape index (κ1) is 16.3. The first-order valence-electron chi connectivity index (χ1n) is 0.123. The molecule has 0 spiro atoms. The Morgan fingerprint density at radius 1 is 1.25 bits per heavy atom. The van der Waals surface area contributed by atoms with Crippen LogP contribution in [0.1, 0.15) is 0 Å². The molecular formula is AgCdS2. The molecule has 0 aliphatic heterocycles. The van der Waals surface area contributed by atoms with Gasteiger partial charge in [0.05, 0.1) is 0 Å².